The monoisotopic (exact) mass is 369 g/mol. The highest BCUT2D eigenvalue weighted by molar-refractivity contribution is 5.68. The van der Waals surface area contributed by atoms with E-state index >= 15 is 0 Å². The fourth-order valence-electron chi connectivity index (χ4n) is 2.77. The number of rotatable bonds is 2. The van der Waals surface area contributed by atoms with Crippen LogP contribution >= 0.6 is 0 Å². The minimum atomic E-state index is -4.55. The highest BCUT2D eigenvalue weighted by Crippen LogP contribution is 2.37. The first-order chi connectivity index (χ1) is 12.0. The van der Waals surface area contributed by atoms with Gasteiger partial charge < -0.3 is 15.0 Å². The number of amides is 1. The number of carbonyl (C=O) groups is 1. The number of anilines is 1. The topological polar surface area (TPSA) is 65.4 Å². The number of benzene rings is 1. The number of hydrogen-bond donors (Lipinski definition) is 1. The highest BCUT2D eigenvalue weighted by atomic mass is 19.4. The molecule has 0 saturated carbocycles. The summed E-state index contributed by atoms with van der Waals surface area (Å²) in [6.07, 6.45) is -4.04. The molecule has 26 heavy (non-hydrogen) atoms. The molecule has 0 aromatic heterocycles. The third-order valence-electron chi connectivity index (χ3n) is 3.99. The molecule has 1 fully saturated rings. The third-order valence-corrected chi connectivity index (χ3v) is 3.99. The van der Waals surface area contributed by atoms with E-state index in [0.29, 0.717) is 25.9 Å². The molecular formula is C18H22F3N3O2. The minimum Gasteiger partial charge on any atom is -0.444 e. The average Bonchev–Trinajstić information content (AvgIpc) is 2.53. The van der Waals surface area contributed by atoms with Crippen LogP contribution in [-0.4, -0.2) is 35.7 Å². The van der Waals surface area contributed by atoms with Gasteiger partial charge in [-0.25, -0.2) is 4.79 Å². The Morgan fingerprint density at radius 1 is 1.27 bits per heavy atom. The van der Waals surface area contributed by atoms with Crippen LogP contribution in [0.5, 0.6) is 0 Å². The van der Waals surface area contributed by atoms with E-state index in [-0.39, 0.29) is 17.3 Å². The molecular weight excluding hydrogens is 347 g/mol. The molecule has 1 amide bonds. The third kappa shape index (κ3) is 5.04. The number of ether oxygens (including phenoxy) is 1. The average molecular weight is 369 g/mol. The molecule has 8 heteroatoms. The SMILES string of the molecule is CC(C)(C)OC(=O)N1CCC(Nc2c(C#N)cccc2C(F)(F)F)CC1. The van der Waals surface area contributed by atoms with Gasteiger partial charge in [-0.05, 0) is 45.7 Å². The zero-order chi connectivity index (χ0) is 19.5. The predicted octanol–water partition coefficient (Wildman–Crippen LogP) is 4.39. The predicted molar refractivity (Wildman–Crippen MR) is 90.6 cm³/mol. The second kappa shape index (κ2) is 7.44. The summed E-state index contributed by atoms with van der Waals surface area (Å²) < 4.78 is 45.0. The van der Waals surface area contributed by atoms with Crippen LogP contribution in [-0.2, 0) is 10.9 Å². The second-order valence-electron chi connectivity index (χ2n) is 7.22. The summed E-state index contributed by atoms with van der Waals surface area (Å²) >= 11 is 0. The maximum absolute atomic E-state index is 13.2. The van der Waals surface area contributed by atoms with Gasteiger partial charge in [0.2, 0.25) is 0 Å². The Bertz CT molecular complexity index is 697. The van der Waals surface area contributed by atoms with Gasteiger partial charge in [-0.3, -0.25) is 0 Å². The summed E-state index contributed by atoms with van der Waals surface area (Å²) in [5.41, 5.74) is -1.70. The summed E-state index contributed by atoms with van der Waals surface area (Å²) in [7, 11) is 0. The van der Waals surface area contributed by atoms with E-state index in [9.17, 15) is 18.0 Å². The van der Waals surface area contributed by atoms with E-state index < -0.39 is 23.4 Å². The number of piperidine rings is 1. The molecule has 0 spiro atoms. The number of nitrogens with one attached hydrogen (secondary N) is 1. The quantitative estimate of drug-likeness (QED) is 0.840. The standard InChI is InChI=1S/C18H22F3N3O2/c1-17(2,3)26-16(25)24-9-7-13(8-10-24)23-15-12(11-22)5-4-6-14(15)18(19,20)21/h4-6,13,23H,7-10H2,1-3H3. The maximum Gasteiger partial charge on any atom is 0.418 e. The van der Waals surface area contributed by atoms with Gasteiger partial charge in [0.15, 0.2) is 0 Å². The molecule has 0 aliphatic carbocycles. The second-order valence-corrected chi connectivity index (χ2v) is 7.22. The zero-order valence-electron chi connectivity index (χ0n) is 15.0. The Hall–Kier alpha value is -2.43. The number of likely N-dealkylation sites (tertiary alicyclic amines) is 1. The molecule has 0 bridgehead atoms. The van der Waals surface area contributed by atoms with Crippen molar-refractivity contribution < 1.29 is 22.7 Å². The smallest absolute Gasteiger partial charge is 0.418 e. The zero-order valence-corrected chi connectivity index (χ0v) is 15.0. The Balaban J connectivity index is 2.07. The van der Waals surface area contributed by atoms with Crippen LogP contribution in [0, 0.1) is 11.3 Å². The fourth-order valence-corrected chi connectivity index (χ4v) is 2.77. The van der Waals surface area contributed by atoms with E-state index in [0.717, 1.165) is 6.07 Å². The number of nitrogens with zero attached hydrogens (tertiary/aromatic N) is 2. The first-order valence-corrected chi connectivity index (χ1v) is 8.36. The Kier molecular flexibility index (Phi) is 5.69. The van der Waals surface area contributed by atoms with Crippen LogP contribution in [0.25, 0.3) is 0 Å². The largest absolute Gasteiger partial charge is 0.444 e. The summed E-state index contributed by atoms with van der Waals surface area (Å²) in [5, 5.41) is 12.0. The van der Waals surface area contributed by atoms with E-state index in [1.807, 2.05) is 0 Å². The number of carbonyl (C=O) groups excluding carboxylic acids is 1. The summed E-state index contributed by atoms with van der Waals surface area (Å²) in [6, 6.07) is 5.08. The van der Waals surface area contributed by atoms with Crippen molar-refractivity contribution in [3.8, 4) is 6.07 Å². The lowest BCUT2D eigenvalue weighted by Crippen LogP contribution is -2.44. The molecule has 1 N–H and O–H groups in total. The summed E-state index contributed by atoms with van der Waals surface area (Å²) in [5.74, 6) is 0. The number of nitriles is 1. The highest BCUT2D eigenvalue weighted by Gasteiger charge is 2.35. The van der Waals surface area contributed by atoms with Crippen LogP contribution in [0.4, 0.5) is 23.7 Å². The van der Waals surface area contributed by atoms with Crippen molar-refractivity contribution in [3.05, 3.63) is 29.3 Å². The van der Waals surface area contributed by atoms with E-state index in [1.165, 1.54) is 12.1 Å². The maximum atomic E-state index is 13.2. The van der Waals surface area contributed by atoms with Crippen molar-refractivity contribution in [3.63, 3.8) is 0 Å². The van der Waals surface area contributed by atoms with Crippen molar-refractivity contribution in [2.75, 3.05) is 18.4 Å². The molecule has 2 rings (SSSR count). The molecule has 0 radical (unpaired) electrons. The van der Waals surface area contributed by atoms with Gasteiger partial charge in [-0.15, -0.1) is 0 Å². The van der Waals surface area contributed by atoms with Crippen molar-refractivity contribution in [2.45, 2.75) is 51.4 Å². The van der Waals surface area contributed by atoms with Crippen molar-refractivity contribution >= 4 is 11.8 Å². The van der Waals surface area contributed by atoms with Gasteiger partial charge >= 0.3 is 12.3 Å². The minimum absolute atomic E-state index is 0.0469. The van der Waals surface area contributed by atoms with Gasteiger partial charge in [0, 0.05) is 19.1 Å². The summed E-state index contributed by atoms with van der Waals surface area (Å²) in [4.78, 5) is 13.6. The molecule has 1 saturated heterocycles. The molecule has 0 atom stereocenters. The summed E-state index contributed by atoms with van der Waals surface area (Å²) in [6.45, 7) is 6.08. The van der Waals surface area contributed by atoms with Crippen LogP contribution in [0.3, 0.4) is 0 Å². The van der Waals surface area contributed by atoms with Crippen LogP contribution < -0.4 is 5.32 Å². The van der Waals surface area contributed by atoms with Crippen LogP contribution in [0.1, 0.15) is 44.7 Å². The van der Waals surface area contributed by atoms with Crippen molar-refractivity contribution in [1.82, 2.24) is 4.90 Å². The lowest BCUT2D eigenvalue weighted by atomic mass is 10.0. The molecule has 1 aliphatic heterocycles. The van der Waals surface area contributed by atoms with Gasteiger partial charge in [0.05, 0.1) is 16.8 Å². The molecule has 5 nitrogen and oxygen atoms in total. The molecule has 0 unspecified atom stereocenters. The van der Waals surface area contributed by atoms with Crippen LogP contribution in [0.15, 0.2) is 18.2 Å². The first kappa shape index (κ1) is 19.9. The molecule has 1 aliphatic rings. The Morgan fingerprint density at radius 2 is 1.88 bits per heavy atom. The number of halogens is 3. The van der Waals surface area contributed by atoms with E-state index in [2.05, 4.69) is 5.32 Å². The Morgan fingerprint density at radius 3 is 2.38 bits per heavy atom. The van der Waals surface area contributed by atoms with Gasteiger partial charge in [-0.1, -0.05) is 6.07 Å². The van der Waals surface area contributed by atoms with Crippen molar-refractivity contribution in [1.29, 1.82) is 5.26 Å². The number of hydrogen-bond acceptors (Lipinski definition) is 4. The van der Waals surface area contributed by atoms with Gasteiger partial charge in [-0.2, -0.15) is 18.4 Å². The van der Waals surface area contributed by atoms with Gasteiger partial charge in [0.25, 0.3) is 0 Å². The fraction of sp³-hybridized carbons (Fsp3) is 0.556. The Labute approximate surface area is 150 Å². The number of para-hydroxylation sites is 1. The van der Waals surface area contributed by atoms with E-state index in [1.54, 1.807) is 31.7 Å². The lowest BCUT2D eigenvalue weighted by Gasteiger charge is -2.34. The molecule has 142 valence electrons. The first-order valence-electron chi connectivity index (χ1n) is 8.36. The van der Waals surface area contributed by atoms with E-state index in [4.69, 9.17) is 10.00 Å². The van der Waals surface area contributed by atoms with Gasteiger partial charge in [0.1, 0.15) is 11.7 Å². The lowest BCUT2D eigenvalue weighted by molar-refractivity contribution is -0.137. The van der Waals surface area contributed by atoms with Crippen LogP contribution in [0.2, 0.25) is 0 Å². The molecule has 1 heterocycles. The van der Waals surface area contributed by atoms with Crippen molar-refractivity contribution in [2.24, 2.45) is 0 Å². The number of alkyl halides is 3. The molecule has 1 aromatic rings. The molecule has 1 aromatic carbocycles. The normalized spacial score (nSPS) is 16.1.